The molecule has 1 N–H and O–H groups in total. The molecule has 4 heteroatoms. The Morgan fingerprint density at radius 2 is 2.07 bits per heavy atom. The van der Waals surface area contributed by atoms with E-state index in [1.807, 2.05) is 13.8 Å². The summed E-state index contributed by atoms with van der Waals surface area (Å²) < 4.78 is 30.7. The molecule has 0 bridgehead atoms. The van der Waals surface area contributed by atoms with Gasteiger partial charge in [0.25, 0.3) is 0 Å². The van der Waals surface area contributed by atoms with Crippen molar-refractivity contribution in [3.63, 3.8) is 0 Å². The third-order valence-corrected chi connectivity index (χ3v) is 1.81. The van der Waals surface area contributed by atoms with Gasteiger partial charge in [0.1, 0.15) is 12.4 Å². The van der Waals surface area contributed by atoms with Gasteiger partial charge in [0.05, 0.1) is 0 Å². The predicted molar refractivity (Wildman–Crippen MR) is 55.0 cm³/mol. The van der Waals surface area contributed by atoms with Crippen LogP contribution in [0.5, 0.6) is 5.75 Å². The van der Waals surface area contributed by atoms with E-state index >= 15 is 0 Å². The molecule has 0 amide bonds. The molecule has 1 rings (SSSR count). The van der Waals surface area contributed by atoms with Gasteiger partial charge in [-0.05, 0) is 12.1 Å². The summed E-state index contributed by atoms with van der Waals surface area (Å²) in [5.74, 6) is -1.18. The fourth-order valence-corrected chi connectivity index (χ4v) is 1.10. The summed E-state index contributed by atoms with van der Waals surface area (Å²) in [6.07, 6.45) is 0. The summed E-state index contributed by atoms with van der Waals surface area (Å²) in [5.41, 5.74) is 0. The van der Waals surface area contributed by atoms with Crippen molar-refractivity contribution in [1.82, 2.24) is 5.32 Å². The number of hydrogen-bond donors (Lipinski definition) is 1. The van der Waals surface area contributed by atoms with E-state index in [-0.39, 0.29) is 5.75 Å². The fourth-order valence-electron chi connectivity index (χ4n) is 1.10. The van der Waals surface area contributed by atoms with E-state index in [0.29, 0.717) is 19.2 Å². The highest BCUT2D eigenvalue weighted by atomic mass is 19.1. The standard InChI is InChI=1S/C11H15F2NO/c1-8(2)14-5-6-15-11-4-3-9(12)7-10(11)13/h3-4,7-8,14H,5-6H2,1-2H3. The van der Waals surface area contributed by atoms with Crippen LogP contribution in [0, 0.1) is 11.6 Å². The highest BCUT2D eigenvalue weighted by molar-refractivity contribution is 5.24. The highest BCUT2D eigenvalue weighted by Gasteiger charge is 2.04. The molecule has 2 nitrogen and oxygen atoms in total. The average molecular weight is 215 g/mol. The maximum atomic E-state index is 13.1. The third-order valence-electron chi connectivity index (χ3n) is 1.81. The molecule has 0 radical (unpaired) electrons. The molecule has 0 saturated heterocycles. The van der Waals surface area contributed by atoms with E-state index in [0.717, 1.165) is 6.07 Å². The number of halogens is 2. The molecule has 0 aliphatic rings. The first kappa shape index (κ1) is 11.9. The number of rotatable bonds is 5. The van der Waals surface area contributed by atoms with E-state index in [9.17, 15) is 8.78 Å². The second kappa shape index (κ2) is 5.66. The lowest BCUT2D eigenvalue weighted by atomic mass is 10.3. The van der Waals surface area contributed by atoms with Gasteiger partial charge in [0, 0.05) is 18.7 Å². The van der Waals surface area contributed by atoms with Crippen molar-refractivity contribution in [1.29, 1.82) is 0 Å². The minimum absolute atomic E-state index is 0.0851. The largest absolute Gasteiger partial charge is 0.489 e. The van der Waals surface area contributed by atoms with Gasteiger partial charge >= 0.3 is 0 Å². The monoisotopic (exact) mass is 215 g/mol. The smallest absolute Gasteiger partial charge is 0.167 e. The topological polar surface area (TPSA) is 21.3 Å². The van der Waals surface area contributed by atoms with Crippen LogP contribution in [0.15, 0.2) is 18.2 Å². The number of ether oxygens (including phenoxy) is 1. The van der Waals surface area contributed by atoms with Gasteiger partial charge in [-0.25, -0.2) is 8.78 Å². The van der Waals surface area contributed by atoms with Crippen LogP contribution < -0.4 is 10.1 Å². The summed E-state index contributed by atoms with van der Waals surface area (Å²) >= 11 is 0. The molecule has 0 aliphatic carbocycles. The van der Waals surface area contributed by atoms with Crippen molar-refractivity contribution in [2.24, 2.45) is 0 Å². The van der Waals surface area contributed by atoms with E-state index in [1.165, 1.54) is 12.1 Å². The first-order chi connectivity index (χ1) is 7.09. The van der Waals surface area contributed by atoms with Crippen molar-refractivity contribution in [3.05, 3.63) is 29.8 Å². The number of hydrogen-bond acceptors (Lipinski definition) is 2. The molecule has 0 saturated carbocycles. The van der Waals surface area contributed by atoms with Crippen LogP contribution in [0.25, 0.3) is 0 Å². The molecule has 15 heavy (non-hydrogen) atoms. The lowest BCUT2D eigenvalue weighted by molar-refractivity contribution is 0.293. The fraction of sp³-hybridized carbons (Fsp3) is 0.455. The lowest BCUT2D eigenvalue weighted by Crippen LogP contribution is -2.27. The average Bonchev–Trinajstić information content (AvgIpc) is 2.14. The summed E-state index contributed by atoms with van der Waals surface area (Å²) in [7, 11) is 0. The molecule has 0 heterocycles. The molecule has 0 atom stereocenters. The van der Waals surface area contributed by atoms with Crippen LogP contribution in [0.3, 0.4) is 0 Å². The van der Waals surface area contributed by atoms with Crippen molar-refractivity contribution in [3.8, 4) is 5.75 Å². The van der Waals surface area contributed by atoms with Gasteiger partial charge in [0.2, 0.25) is 0 Å². The van der Waals surface area contributed by atoms with Crippen LogP contribution in [0.2, 0.25) is 0 Å². The third kappa shape index (κ3) is 4.25. The van der Waals surface area contributed by atoms with Gasteiger partial charge in [-0.2, -0.15) is 0 Å². The molecule has 0 unspecified atom stereocenters. The molecule has 0 spiro atoms. The Morgan fingerprint density at radius 3 is 2.67 bits per heavy atom. The van der Waals surface area contributed by atoms with Crippen LogP contribution in [0.1, 0.15) is 13.8 Å². The van der Waals surface area contributed by atoms with E-state index in [1.54, 1.807) is 0 Å². The van der Waals surface area contributed by atoms with Gasteiger partial charge < -0.3 is 10.1 Å². The quantitative estimate of drug-likeness (QED) is 0.761. The van der Waals surface area contributed by atoms with E-state index < -0.39 is 11.6 Å². The van der Waals surface area contributed by atoms with Crippen LogP contribution in [-0.2, 0) is 0 Å². The zero-order valence-corrected chi connectivity index (χ0v) is 8.89. The Hall–Kier alpha value is -1.16. The molecule has 84 valence electrons. The van der Waals surface area contributed by atoms with Gasteiger partial charge in [-0.1, -0.05) is 13.8 Å². The lowest BCUT2D eigenvalue weighted by Gasteiger charge is -2.10. The van der Waals surface area contributed by atoms with Gasteiger partial charge in [0.15, 0.2) is 11.6 Å². The van der Waals surface area contributed by atoms with E-state index in [2.05, 4.69) is 5.32 Å². The van der Waals surface area contributed by atoms with Crippen LogP contribution in [-0.4, -0.2) is 19.2 Å². The van der Waals surface area contributed by atoms with Crippen LogP contribution >= 0.6 is 0 Å². The maximum absolute atomic E-state index is 13.1. The van der Waals surface area contributed by atoms with Gasteiger partial charge in [-0.15, -0.1) is 0 Å². The summed E-state index contributed by atoms with van der Waals surface area (Å²) in [4.78, 5) is 0. The summed E-state index contributed by atoms with van der Waals surface area (Å²) in [5, 5.41) is 3.13. The Kier molecular flexibility index (Phi) is 4.49. The zero-order chi connectivity index (χ0) is 11.3. The Balaban J connectivity index is 2.37. The SMILES string of the molecule is CC(C)NCCOc1ccc(F)cc1F. The molecule has 1 aromatic carbocycles. The van der Waals surface area contributed by atoms with Crippen molar-refractivity contribution >= 4 is 0 Å². The Bertz CT molecular complexity index is 315. The summed E-state index contributed by atoms with van der Waals surface area (Å²) in [6, 6.07) is 3.64. The zero-order valence-electron chi connectivity index (χ0n) is 8.89. The molecular weight excluding hydrogens is 200 g/mol. The Labute approximate surface area is 88.3 Å². The van der Waals surface area contributed by atoms with Crippen molar-refractivity contribution < 1.29 is 13.5 Å². The molecule has 0 aliphatic heterocycles. The number of nitrogens with one attached hydrogen (secondary N) is 1. The normalized spacial score (nSPS) is 10.7. The molecule has 0 aromatic heterocycles. The maximum Gasteiger partial charge on any atom is 0.167 e. The second-order valence-electron chi connectivity index (χ2n) is 3.53. The van der Waals surface area contributed by atoms with Crippen molar-refractivity contribution in [2.45, 2.75) is 19.9 Å². The molecule has 0 fully saturated rings. The van der Waals surface area contributed by atoms with E-state index in [4.69, 9.17) is 4.74 Å². The van der Waals surface area contributed by atoms with Crippen molar-refractivity contribution in [2.75, 3.05) is 13.2 Å². The first-order valence-electron chi connectivity index (χ1n) is 4.91. The highest BCUT2D eigenvalue weighted by Crippen LogP contribution is 2.17. The predicted octanol–water partition coefficient (Wildman–Crippen LogP) is 2.34. The minimum Gasteiger partial charge on any atom is -0.489 e. The minimum atomic E-state index is -0.667. The van der Waals surface area contributed by atoms with Gasteiger partial charge in [-0.3, -0.25) is 0 Å². The molecular formula is C11H15F2NO. The second-order valence-corrected chi connectivity index (χ2v) is 3.53. The Morgan fingerprint density at radius 1 is 1.33 bits per heavy atom. The molecule has 1 aromatic rings. The number of benzene rings is 1. The summed E-state index contributed by atoms with van der Waals surface area (Å²) in [6.45, 7) is 5.02. The van der Waals surface area contributed by atoms with Crippen LogP contribution in [0.4, 0.5) is 8.78 Å². The first-order valence-corrected chi connectivity index (χ1v) is 4.91.